The Balaban J connectivity index is 2.22. The minimum absolute atomic E-state index is 0.00417. The molecular formula is C15H21N3OS. The van der Waals surface area contributed by atoms with Crippen molar-refractivity contribution in [3.05, 3.63) is 45.9 Å². The molecule has 0 radical (unpaired) electrons. The fourth-order valence-electron chi connectivity index (χ4n) is 2.06. The van der Waals surface area contributed by atoms with Crippen molar-refractivity contribution in [2.75, 3.05) is 0 Å². The third kappa shape index (κ3) is 3.79. The Morgan fingerprint density at radius 2 is 2.10 bits per heavy atom. The summed E-state index contributed by atoms with van der Waals surface area (Å²) < 4.78 is 5.86. The molecule has 3 N–H and O–H groups in total. The largest absolute Gasteiger partial charge is 0.491 e. The summed E-state index contributed by atoms with van der Waals surface area (Å²) in [5.41, 5.74) is 4.99. The third-order valence-electron chi connectivity index (χ3n) is 2.90. The van der Waals surface area contributed by atoms with Gasteiger partial charge in [-0.05, 0) is 26.8 Å². The van der Waals surface area contributed by atoms with E-state index in [1.165, 1.54) is 0 Å². The first-order valence-corrected chi connectivity index (χ1v) is 7.61. The van der Waals surface area contributed by atoms with Crippen molar-refractivity contribution >= 4 is 11.3 Å². The summed E-state index contributed by atoms with van der Waals surface area (Å²) in [6, 6.07) is 7.99. The number of nitrogens with one attached hydrogen (secondary N) is 1. The SMILES string of the molecule is Cc1csc(CC(NN)c2ccccc2OC(C)C)n1. The van der Waals surface area contributed by atoms with Crippen molar-refractivity contribution in [2.45, 2.75) is 39.3 Å². The van der Waals surface area contributed by atoms with Crippen LogP contribution >= 0.6 is 11.3 Å². The zero-order valence-corrected chi connectivity index (χ0v) is 12.9. The molecule has 1 aromatic carbocycles. The fourth-order valence-corrected chi connectivity index (χ4v) is 2.88. The van der Waals surface area contributed by atoms with Crippen molar-refractivity contribution < 1.29 is 4.74 Å². The topological polar surface area (TPSA) is 60.2 Å². The molecule has 0 spiro atoms. The lowest BCUT2D eigenvalue weighted by molar-refractivity contribution is 0.237. The summed E-state index contributed by atoms with van der Waals surface area (Å²) in [6.45, 7) is 6.04. The first-order valence-electron chi connectivity index (χ1n) is 6.73. The van der Waals surface area contributed by atoms with E-state index in [1.807, 2.05) is 45.0 Å². The van der Waals surface area contributed by atoms with Crippen LogP contribution in [0, 0.1) is 6.92 Å². The maximum Gasteiger partial charge on any atom is 0.124 e. The molecule has 0 aliphatic rings. The number of rotatable bonds is 6. The molecule has 4 nitrogen and oxygen atoms in total. The highest BCUT2D eigenvalue weighted by atomic mass is 32.1. The van der Waals surface area contributed by atoms with Crippen LogP contribution in [0.1, 0.15) is 36.2 Å². The first kappa shape index (κ1) is 15.0. The Labute approximate surface area is 124 Å². The Bertz CT molecular complexity index is 554. The number of para-hydroxylation sites is 1. The molecule has 0 saturated carbocycles. The van der Waals surface area contributed by atoms with Crippen molar-refractivity contribution in [1.29, 1.82) is 0 Å². The van der Waals surface area contributed by atoms with E-state index in [0.29, 0.717) is 0 Å². The van der Waals surface area contributed by atoms with Crippen molar-refractivity contribution in [3.8, 4) is 5.75 Å². The Hall–Kier alpha value is -1.43. The molecule has 5 heteroatoms. The summed E-state index contributed by atoms with van der Waals surface area (Å²) >= 11 is 1.66. The second-order valence-corrected chi connectivity index (χ2v) is 5.95. The Morgan fingerprint density at radius 1 is 1.35 bits per heavy atom. The highest BCUT2D eigenvalue weighted by Gasteiger charge is 2.17. The maximum atomic E-state index is 5.86. The molecule has 1 heterocycles. The number of hydrazine groups is 1. The molecule has 20 heavy (non-hydrogen) atoms. The normalized spacial score (nSPS) is 12.7. The van der Waals surface area contributed by atoms with Crippen LogP contribution in [0.3, 0.4) is 0 Å². The maximum absolute atomic E-state index is 5.86. The molecule has 0 bridgehead atoms. The van der Waals surface area contributed by atoms with Gasteiger partial charge in [0.15, 0.2) is 0 Å². The van der Waals surface area contributed by atoms with E-state index >= 15 is 0 Å². The highest BCUT2D eigenvalue weighted by Crippen LogP contribution is 2.28. The number of thiazole rings is 1. The van der Waals surface area contributed by atoms with Crippen molar-refractivity contribution in [1.82, 2.24) is 10.4 Å². The van der Waals surface area contributed by atoms with Crippen LogP contribution in [0.5, 0.6) is 5.75 Å². The van der Waals surface area contributed by atoms with E-state index in [2.05, 4.69) is 15.8 Å². The van der Waals surface area contributed by atoms with Gasteiger partial charge in [0.05, 0.1) is 17.2 Å². The van der Waals surface area contributed by atoms with Gasteiger partial charge in [-0.3, -0.25) is 11.3 Å². The van der Waals surface area contributed by atoms with Crippen LogP contribution in [0.4, 0.5) is 0 Å². The zero-order valence-electron chi connectivity index (χ0n) is 12.1. The van der Waals surface area contributed by atoms with E-state index in [0.717, 1.165) is 28.4 Å². The second kappa shape index (κ2) is 6.83. The Kier molecular flexibility index (Phi) is 5.11. The fraction of sp³-hybridized carbons (Fsp3) is 0.400. The van der Waals surface area contributed by atoms with E-state index in [-0.39, 0.29) is 12.1 Å². The molecule has 2 aromatic rings. The summed E-state index contributed by atoms with van der Waals surface area (Å²) in [7, 11) is 0. The first-order chi connectivity index (χ1) is 9.60. The van der Waals surface area contributed by atoms with Crippen LogP contribution in [0.2, 0.25) is 0 Å². The van der Waals surface area contributed by atoms with Crippen molar-refractivity contribution in [2.24, 2.45) is 5.84 Å². The number of aromatic nitrogens is 1. The molecule has 1 aromatic heterocycles. The molecule has 0 aliphatic heterocycles. The number of nitrogens with two attached hydrogens (primary N) is 1. The average Bonchev–Trinajstić information content (AvgIpc) is 2.82. The lowest BCUT2D eigenvalue weighted by Crippen LogP contribution is -2.30. The smallest absolute Gasteiger partial charge is 0.124 e. The molecule has 108 valence electrons. The monoisotopic (exact) mass is 291 g/mol. The molecular weight excluding hydrogens is 270 g/mol. The van der Waals surface area contributed by atoms with Crippen LogP contribution in [0.25, 0.3) is 0 Å². The molecule has 0 amide bonds. The third-order valence-corrected chi connectivity index (χ3v) is 3.89. The van der Waals surface area contributed by atoms with E-state index in [9.17, 15) is 0 Å². The molecule has 0 fully saturated rings. The van der Waals surface area contributed by atoms with Crippen LogP contribution < -0.4 is 16.0 Å². The van der Waals surface area contributed by atoms with Crippen LogP contribution in [0.15, 0.2) is 29.6 Å². The number of hydrogen-bond acceptors (Lipinski definition) is 5. The van der Waals surface area contributed by atoms with Gasteiger partial charge in [0.25, 0.3) is 0 Å². The zero-order chi connectivity index (χ0) is 14.5. The highest BCUT2D eigenvalue weighted by molar-refractivity contribution is 7.09. The number of aryl methyl sites for hydroxylation is 1. The van der Waals surface area contributed by atoms with Gasteiger partial charge in [0, 0.05) is 23.1 Å². The predicted octanol–water partition coefficient (Wildman–Crippen LogP) is 2.99. The van der Waals surface area contributed by atoms with Gasteiger partial charge in [-0.25, -0.2) is 4.98 Å². The van der Waals surface area contributed by atoms with Crippen molar-refractivity contribution in [3.63, 3.8) is 0 Å². The lowest BCUT2D eigenvalue weighted by atomic mass is 10.0. The standard InChI is InChI=1S/C15H21N3OS/c1-10(2)19-14-7-5-4-6-12(14)13(18-16)8-15-17-11(3)9-20-15/h4-7,9-10,13,18H,8,16H2,1-3H3. The minimum atomic E-state index is -0.00417. The van der Waals surface area contributed by atoms with Gasteiger partial charge in [-0.2, -0.15) is 0 Å². The van der Waals surface area contributed by atoms with Gasteiger partial charge in [0.2, 0.25) is 0 Å². The predicted molar refractivity (Wildman–Crippen MR) is 82.8 cm³/mol. The summed E-state index contributed by atoms with van der Waals surface area (Å²) in [4.78, 5) is 4.50. The molecule has 0 saturated heterocycles. The number of benzene rings is 1. The molecule has 1 atom stereocenters. The van der Waals surface area contributed by atoms with Crippen LogP contribution in [-0.2, 0) is 6.42 Å². The summed E-state index contributed by atoms with van der Waals surface area (Å²) in [5.74, 6) is 6.60. The van der Waals surface area contributed by atoms with E-state index in [1.54, 1.807) is 11.3 Å². The lowest BCUT2D eigenvalue weighted by Gasteiger charge is -2.20. The minimum Gasteiger partial charge on any atom is -0.491 e. The molecule has 0 aliphatic carbocycles. The molecule has 1 unspecified atom stereocenters. The van der Waals surface area contributed by atoms with Crippen LogP contribution in [-0.4, -0.2) is 11.1 Å². The van der Waals surface area contributed by atoms with Gasteiger partial charge >= 0.3 is 0 Å². The summed E-state index contributed by atoms with van der Waals surface area (Å²) in [6.07, 6.45) is 0.893. The Morgan fingerprint density at radius 3 is 2.70 bits per heavy atom. The summed E-state index contributed by atoms with van der Waals surface area (Å²) in [5, 5.41) is 3.13. The molecule has 2 rings (SSSR count). The van der Waals surface area contributed by atoms with E-state index < -0.39 is 0 Å². The van der Waals surface area contributed by atoms with Gasteiger partial charge in [0.1, 0.15) is 5.75 Å². The van der Waals surface area contributed by atoms with Gasteiger partial charge < -0.3 is 4.74 Å². The van der Waals surface area contributed by atoms with E-state index in [4.69, 9.17) is 10.6 Å². The quantitative estimate of drug-likeness (QED) is 0.634. The number of hydrogen-bond donors (Lipinski definition) is 2. The van der Waals surface area contributed by atoms with Gasteiger partial charge in [-0.1, -0.05) is 18.2 Å². The number of nitrogens with zero attached hydrogens (tertiary/aromatic N) is 1. The second-order valence-electron chi connectivity index (χ2n) is 5.01. The average molecular weight is 291 g/mol. The number of ether oxygens (including phenoxy) is 1. The van der Waals surface area contributed by atoms with Gasteiger partial charge in [-0.15, -0.1) is 11.3 Å².